The molecular weight excluding hydrogens is 260 g/mol. The van der Waals surface area contributed by atoms with Crippen LogP contribution in [-0.2, 0) is 6.54 Å². The fourth-order valence-corrected chi connectivity index (χ4v) is 2.18. The van der Waals surface area contributed by atoms with Crippen LogP contribution >= 0.6 is 0 Å². The molecule has 0 radical (unpaired) electrons. The molecule has 0 saturated heterocycles. The first-order valence-electron chi connectivity index (χ1n) is 6.84. The van der Waals surface area contributed by atoms with Crippen LogP contribution in [0.25, 0.3) is 0 Å². The molecule has 0 fully saturated rings. The number of rotatable bonds is 8. The zero-order valence-electron chi connectivity index (χ0n) is 11.9. The van der Waals surface area contributed by atoms with Gasteiger partial charge >= 0.3 is 0 Å². The molecule has 1 rings (SSSR count). The average Bonchev–Trinajstić information content (AvgIpc) is 2.42. The molecule has 1 aromatic rings. The number of aromatic hydroxyl groups is 1. The lowest BCUT2D eigenvalue weighted by atomic mass is 9.96. The second-order valence-corrected chi connectivity index (χ2v) is 4.84. The van der Waals surface area contributed by atoms with Crippen LogP contribution < -0.4 is 5.32 Å². The quantitative estimate of drug-likeness (QED) is 0.502. The molecule has 112 valence electrons. The summed E-state index contributed by atoms with van der Waals surface area (Å²) in [5, 5.41) is 33.3. The molecule has 1 unspecified atom stereocenters. The zero-order valence-corrected chi connectivity index (χ0v) is 11.9. The molecule has 0 aliphatic rings. The van der Waals surface area contributed by atoms with Crippen LogP contribution in [0.3, 0.4) is 0 Å². The molecule has 6 nitrogen and oxygen atoms in total. The van der Waals surface area contributed by atoms with Crippen LogP contribution in [0.5, 0.6) is 5.75 Å². The predicted molar refractivity (Wildman–Crippen MR) is 76.5 cm³/mol. The molecule has 0 heterocycles. The highest BCUT2D eigenvalue weighted by atomic mass is 16.6. The summed E-state index contributed by atoms with van der Waals surface area (Å²) in [5.74, 6) is 0.251. The van der Waals surface area contributed by atoms with E-state index >= 15 is 0 Å². The highest BCUT2D eigenvalue weighted by Gasteiger charge is 2.15. The van der Waals surface area contributed by atoms with Gasteiger partial charge in [-0.05, 0) is 12.0 Å². The van der Waals surface area contributed by atoms with Crippen molar-refractivity contribution in [1.29, 1.82) is 0 Å². The Balaban J connectivity index is 2.57. The van der Waals surface area contributed by atoms with Crippen LogP contribution in [-0.4, -0.2) is 27.8 Å². The number of aliphatic hydroxyl groups excluding tert-OH is 1. The Morgan fingerprint density at radius 2 is 2.00 bits per heavy atom. The molecule has 0 spiro atoms. The van der Waals surface area contributed by atoms with E-state index in [1.807, 2.05) is 13.8 Å². The van der Waals surface area contributed by atoms with E-state index in [4.69, 9.17) is 0 Å². The number of benzene rings is 1. The number of nitrogens with one attached hydrogen (secondary N) is 1. The highest BCUT2D eigenvalue weighted by molar-refractivity contribution is 5.42. The van der Waals surface area contributed by atoms with Crippen LogP contribution in [0.1, 0.15) is 32.3 Å². The monoisotopic (exact) mass is 282 g/mol. The van der Waals surface area contributed by atoms with E-state index < -0.39 is 11.0 Å². The Bertz CT molecular complexity index is 447. The molecule has 3 N–H and O–H groups in total. The molecule has 0 saturated carbocycles. The summed E-state index contributed by atoms with van der Waals surface area (Å²) in [4.78, 5) is 10.2. The van der Waals surface area contributed by atoms with Gasteiger partial charge in [-0.2, -0.15) is 0 Å². The van der Waals surface area contributed by atoms with Crippen molar-refractivity contribution in [2.75, 3.05) is 6.54 Å². The molecule has 0 aromatic heterocycles. The van der Waals surface area contributed by atoms with Crippen molar-refractivity contribution in [1.82, 2.24) is 5.32 Å². The summed E-state index contributed by atoms with van der Waals surface area (Å²) >= 11 is 0. The smallest absolute Gasteiger partial charge is 0.270 e. The van der Waals surface area contributed by atoms with Gasteiger partial charge in [0.2, 0.25) is 0 Å². The van der Waals surface area contributed by atoms with Crippen LogP contribution in [0.15, 0.2) is 18.2 Å². The van der Waals surface area contributed by atoms with Gasteiger partial charge < -0.3 is 15.5 Å². The van der Waals surface area contributed by atoms with Gasteiger partial charge in [-0.3, -0.25) is 10.1 Å². The minimum Gasteiger partial charge on any atom is -0.508 e. The van der Waals surface area contributed by atoms with Crippen molar-refractivity contribution >= 4 is 5.69 Å². The number of aliphatic hydroxyl groups is 1. The zero-order chi connectivity index (χ0) is 15.1. The van der Waals surface area contributed by atoms with Crippen molar-refractivity contribution in [3.05, 3.63) is 33.9 Å². The van der Waals surface area contributed by atoms with Gasteiger partial charge in [-0.15, -0.1) is 0 Å². The number of phenolic OH excluding ortho intramolecular Hbond substituents is 1. The standard InChI is InChI=1S/C14H22N2O4/c1-3-10(4-2)14(18)9-15-8-11-7-12(16(19)20)5-6-13(11)17/h5-7,10,14-15,17-18H,3-4,8-9H2,1-2H3. The second-order valence-electron chi connectivity index (χ2n) is 4.84. The average molecular weight is 282 g/mol. The minimum atomic E-state index is -0.498. The molecule has 20 heavy (non-hydrogen) atoms. The Kier molecular flexibility index (Phi) is 6.41. The van der Waals surface area contributed by atoms with Gasteiger partial charge in [0.25, 0.3) is 5.69 Å². The summed E-state index contributed by atoms with van der Waals surface area (Å²) < 4.78 is 0. The van der Waals surface area contributed by atoms with E-state index in [0.717, 1.165) is 12.8 Å². The normalized spacial score (nSPS) is 12.6. The number of hydrogen-bond donors (Lipinski definition) is 3. The van der Waals surface area contributed by atoms with Gasteiger partial charge in [0.15, 0.2) is 0 Å². The van der Waals surface area contributed by atoms with Crippen LogP contribution in [0.2, 0.25) is 0 Å². The Hall–Kier alpha value is -1.66. The van der Waals surface area contributed by atoms with E-state index in [0.29, 0.717) is 12.1 Å². The lowest BCUT2D eigenvalue weighted by Gasteiger charge is -2.20. The van der Waals surface area contributed by atoms with Gasteiger partial charge in [0.05, 0.1) is 11.0 Å². The fourth-order valence-electron chi connectivity index (χ4n) is 2.18. The lowest BCUT2D eigenvalue weighted by Crippen LogP contribution is -2.32. The van der Waals surface area contributed by atoms with Gasteiger partial charge in [-0.25, -0.2) is 0 Å². The summed E-state index contributed by atoms with van der Waals surface area (Å²) in [6.07, 6.45) is 1.36. The van der Waals surface area contributed by atoms with Gasteiger partial charge in [0.1, 0.15) is 5.75 Å². The fraction of sp³-hybridized carbons (Fsp3) is 0.571. The number of phenols is 1. The number of nitro benzene ring substituents is 1. The molecule has 1 atom stereocenters. The minimum absolute atomic E-state index is 0.0140. The maximum atomic E-state index is 10.7. The van der Waals surface area contributed by atoms with E-state index in [-0.39, 0.29) is 23.9 Å². The van der Waals surface area contributed by atoms with E-state index in [9.17, 15) is 20.3 Å². The van der Waals surface area contributed by atoms with Crippen molar-refractivity contribution < 1.29 is 15.1 Å². The number of nitrogens with zero attached hydrogens (tertiary/aromatic N) is 1. The molecule has 0 aliphatic carbocycles. The molecule has 0 bridgehead atoms. The van der Waals surface area contributed by atoms with Crippen LogP contribution in [0, 0.1) is 16.0 Å². The van der Waals surface area contributed by atoms with Crippen LogP contribution in [0.4, 0.5) is 5.69 Å². The third-order valence-corrected chi connectivity index (χ3v) is 3.54. The van der Waals surface area contributed by atoms with E-state index in [2.05, 4.69) is 5.32 Å². The summed E-state index contributed by atoms with van der Waals surface area (Å²) in [5.41, 5.74) is 0.399. The van der Waals surface area contributed by atoms with Gasteiger partial charge in [-0.1, -0.05) is 26.7 Å². The van der Waals surface area contributed by atoms with Gasteiger partial charge in [0, 0.05) is 30.8 Å². The Labute approximate surface area is 118 Å². The SMILES string of the molecule is CCC(CC)C(O)CNCc1cc([N+](=O)[O-])ccc1O. The molecule has 0 amide bonds. The predicted octanol–water partition coefficient (Wildman–Crippen LogP) is 2.19. The lowest BCUT2D eigenvalue weighted by molar-refractivity contribution is -0.384. The summed E-state index contributed by atoms with van der Waals surface area (Å²) in [6, 6.07) is 3.91. The largest absolute Gasteiger partial charge is 0.508 e. The Morgan fingerprint density at radius 3 is 2.55 bits per heavy atom. The maximum Gasteiger partial charge on any atom is 0.270 e. The molecule has 6 heteroatoms. The number of non-ortho nitro benzene ring substituents is 1. The molecule has 1 aromatic carbocycles. The van der Waals surface area contributed by atoms with Crippen molar-refractivity contribution in [2.45, 2.75) is 39.3 Å². The second kappa shape index (κ2) is 7.81. The maximum absolute atomic E-state index is 10.7. The topological polar surface area (TPSA) is 95.6 Å². The third-order valence-electron chi connectivity index (χ3n) is 3.54. The van der Waals surface area contributed by atoms with Crippen molar-refractivity contribution in [3.8, 4) is 5.75 Å². The first-order valence-corrected chi connectivity index (χ1v) is 6.84. The molecule has 0 aliphatic heterocycles. The van der Waals surface area contributed by atoms with E-state index in [1.54, 1.807) is 0 Å². The van der Waals surface area contributed by atoms with E-state index in [1.165, 1.54) is 18.2 Å². The van der Waals surface area contributed by atoms with Crippen molar-refractivity contribution in [2.24, 2.45) is 5.92 Å². The van der Waals surface area contributed by atoms with Crippen molar-refractivity contribution in [3.63, 3.8) is 0 Å². The molecular formula is C14H22N2O4. The number of hydrogen-bond acceptors (Lipinski definition) is 5. The third kappa shape index (κ3) is 4.47. The highest BCUT2D eigenvalue weighted by Crippen LogP contribution is 2.22. The first-order chi connectivity index (χ1) is 9.49. The Morgan fingerprint density at radius 1 is 1.35 bits per heavy atom. The first kappa shape index (κ1) is 16.4. The number of nitro groups is 1. The summed E-state index contributed by atoms with van der Waals surface area (Å²) in [6.45, 7) is 4.74. The summed E-state index contributed by atoms with van der Waals surface area (Å²) in [7, 11) is 0.